The van der Waals surface area contributed by atoms with E-state index >= 15 is 0 Å². The van der Waals surface area contributed by atoms with E-state index in [9.17, 15) is 0 Å². The molecule has 5 N–H and O–H groups in total. The third kappa shape index (κ3) is 0.662. The van der Waals surface area contributed by atoms with Crippen LogP contribution < -0.4 is 21.9 Å². The van der Waals surface area contributed by atoms with E-state index in [4.69, 9.17) is 5.73 Å². The number of hydrazine groups is 1. The van der Waals surface area contributed by atoms with Crippen molar-refractivity contribution in [2.45, 2.75) is 6.29 Å². The number of nitrogens with two attached hydrogens (primary N) is 1. The minimum absolute atomic E-state index is 0.0648. The fourth-order valence-corrected chi connectivity index (χ4v) is 0.373. The number of hydrogen-bond acceptors (Lipinski definition) is 4. The van der Waals surface area contributed by atoms with Crippen molar-refractivity contribution in [1.82, 2.24) is 16.2 Å². The molecule has 1 atom stereocenters. The molecule has 0 unspecified atom stereocenters. The standard InChI is InChI=1S/C2H8N4/c3-2-4-1-5-6-2/h2,4-6H,1,3H2/t2-/m0/s1. The van der Waals surface area contributed by atoms with Crippen molar-refractivity contribution in [3.05, 3.63) is 0 Å². The molecule has 1 aliphatic rings. The molecule has 1 aliphatic heterocycles. The van der Waals surface area contributed by atoms with Crippen LogP contribution in [-0.4, -0.2) is 13.0 Å². The van der Waals surface area contributed by atoms with Gasteiger partial charge >= 0.3 is 0 Å². The second kappa shape index (κ2) is 1.53. The first-order valence-corrected chi connectivity index (χ1v) is 1.87. The van der Waals surface area contributed by atoms with Gasteiger partial charge in [-0.15, -0.1) is 0 Å². The summed E-state index contributed by atoms with van der Waals surface area (Å²) in [6.45, 7) is 0.751. The van der Waals surface area contributed by atoms with Gasteiger partial charge in [-0.05, 0) is 0 Å². The van der Waals surface area contributed by atoms with E-state index in [0.29, 0.717) is 0 Å². The van der Waals surface area contributed by atoms with Crippen LogP contribution in [0, 0.1) is 0 Å². The molecule has 0 aliphatic carbocycles. The van der Waals surface area contributed by atoms with Crippen molar-refractivity contribution in [2.75, 3.05) is 6.67 Å². The lowest BCUT2D eigenvalue weighted by molar-refractivity contribution is 0.547. The van der Waals surface area contributed by atoms with Crippen LogP contribution in [0.5, 0.6) is 0 Å². The van der Waals surface area contributed by atoms with Crippen molar-refractivity contribution in [2.24, 2.45) is 5.73 Å². The zero-order valence-electron chi connectivity index (χ0n) is 3.36. The average molecular weight is 88.1 g/mol. The Hall–Kier alpha value is -0.160. The highest BCUT2D eigenvalue weighted by molar-refractivity contribution is 4.56. The Bertz CT molecular complexity index is 38.8. The Morgan fingerprint density at radius 1 is 1.67 bits per heavy atom. The van der Waals surface area contributed by atoms with Gasteiger partial charge in [0.25, 0.3) is 0 Å². The van der Waals surface area contributed by atoms with Crippen molar-refractivity contribution in [1.29, 1.82) is 0 Å². The third-order valence-electron chi connectivity index (χ3n) is 0.668. The van der Waals surface area contributed by atoms with Crippen molar-refractivity contribution < 1.29 is 0 Å². The maximum atomic E-state index is 5.25. The summed E-state index contributed by atoms with van der Waals surface area (Å²) in [5.41, 5.74) is 10.8. The number of nitrogens with one attached hydrogen (secondary N) is 3. The van der Waals surface area contributed by atoms with Gasteiger partial charge in [0.2, 0.25) is 0 Å². The van der Waals surface area contributed by atoms with Crippen molar-refractivity contribution >= 4 is 0 Å². The van der Waals surface area contributed by atoms with Gasteiger partial charge in [-0.25, -0.2) is 10.9 Å². The summed E-state index contributed by atoms with van der Waals surface area (Å²) in [5.74, 6) is 0. The average Bonchev–Trinajstić information content (AvgIpc) is 1.86. The third-order valence-corrected chi connectivity index (χ3v) is 0.668. The molecule has 1 saturated heterocycles. The highest BCUT2D eigenvalue weighted by Crippen LogP contribution is 1.62. The second-order valence-corrected chi connectivity index (χ2v) is 1.18. The predicted molar refractivity (Wildman–Crippen MR) is 22.2 cm³/mol. The zero-order valence-corrected chi connectivity index (χ0v) is 3.36. The van der Waals surface area contributed by atoms with E-state index < -0.39 is 0 Å². The lowest BCUT2D eigenvalue weighted by Crippen LogP contribution is -2.41. The van der Waals surface area contributed by atoms with Gasteiger partial charge in [-0.3, -0.25) is 5.32 Å². The molecule has 0 aromatic carbocycles. The number of hydrogen-bond donors (Lipinski definition) is 4. The van der Waals surface area contributed by atoms with Crippen molar-refractivity contribution in [3.63, 3.8) is 0 Å². The molecule has 1 rings (SSSR count). The van der Waals surface area contributed by atoms with Gasteiger partial charge in [-0.2, -0.15) is 0 Å². The van der Waals surface area contributed by atoms with Crippen molar-refractivity contribution in [3.8, 4) is 0 Å². The SMILES string of the molecule is N[C@H]1NCNN1. The summed E-state index contributed by atoms with van der Waals surface area (Å²) in [6, 6.07) is 0. The molecule has 4 nitrogen and oxygen atoms in total. The highest BCUT2D eigenvalue weighted by atomic mass is 15.5. The van der Waals surface area contributed by atoms with Crippen LogP contribution in [-0.2, 0) is 0 Å². The van der Waals surface area contributed by atoms with Crippen LogP contribution in [0.15, 0.2) is 0 Å². The molecule has 0 amide bonds. The summed E-state index contributed by atoms with van der Waals surface area (Å²) in [5, 5.41) is 2.88. The summed E-state index contributed by atoms with van der Waals surface area (Å²) < 4.78 is 0. The zero-order chi connectivity index (χ0) is 4.41. The maximum Gasteiger partial charge on any atom is 0.123 e. The van der Waals surface area contributed by atoms with Crippen LogP contribution in [0.4, 0.5) is 0 Å². The Morgan fingerprint density at radius 2 is 2.50 bits per heavy atom. The highest BCUT2D eigenvalue weighted by Gasteiger charge is 2.02. The normalized spacial score (nSPS) is 34.5. The Kier molecular flexibility index (Phi) is 1.02. The quantitative estimate of drug-likeness (QED) is 0.273. The van der Waals surface area contributed by atoms with E-state index in [2.05, 4.69) is 16.2 Å². The van der Waals surface area contributed by atoms with Crippen LogP contribution in [0.1, 0.15) is 0 Å². The van der Waals surface area contributed by atoms with Gasteiger partial charge in [0.05, 0.1) is 6.67 Å². The van der Waals surface area contributed by atoms with Crippen LogP contribution in [0.3, 0.4) is 0 Å². The first kappa shape index (κ1) is 4.01. The van der Waals surface area contributed by atoms with Gasteiger partial charge in [0, 0.05) is 0 Å². The first-order valence-electron chi connectivity index (χ1n) is 1.87. The molecule has 0 saturated carbocycles. The minimum atomic E-state index is -0.0648. The Balaban J connectivity index is 2.18. The monoisotopic (exact) mass is 88.1 g/mol. The molecule has 4 heteroatoms. The van der Waals surface area contributed by atoms with Gasteiger partial charge in [-0.1, -0.05) is 0 Å². The van der Waals surface area contributed by atoms with Gasteiger partial charge in [0.15, 0.2) is 0 Å². The molecule has 6 heavy (non-hydrogen) atoms. The molecular formula is C2H8N4. The maximum absolute atomic E-state index is 5.25. The van der Waals surface area contributed by atoms with E-state index in [1.807, 2.05) is 0 Å². The fraction of sp³-hybridized carbons (Fsp3) is 1.00. The largest absolute Gasteiger partial charge is 0.303 e. The number of rotatable bonds is 0. The molecule has 0 aromatic rings. The second-order valence-electron chi connectivity index (χ2n) is 1.18. The van der Waals surface area contributed by atoms with E-state index in [0.717, 1.165) is 6.67 Å². The van der Waals surface area contributed by atoms with Gasteiger partial charge in [0.1, 0.15) is 6.29 Å². The van der Waals surface area contributed by atoms with E-state index in [-0.39, 0.29) is 6.29 Å². The van der Waals surface area contributed by atoms with Gasteiger partial charge < -0.3 is 5.73 Å². The van der Waals surface area contributed by atoms with Crippen LogP contribution in [0.2, 0.25) is 0 Å². The fourth-order valence-electron chi connectivity index (χ4n) is 0.373. The van der Waals surface area contributed by atoms with E-state index in [1.165, 1.54) is 0 Å². The summed E-state index contributed by atoms with van der Waals surface area (Å²) >= 11 is 0. The molecule has 36 valence electrons. The lowest BCUT2D eigenvalue weighted by Gasteiger charge is -1.96. The predicted octanol–water partition coefficient (Wildman–Crippen LogP) is -2.12. The van der Waals surface area contributed by atoms with E-state index in [1.54, 1.807) is 0 Å². The molecule has 0 spiro atoms. The molecule has 1 fully saturated rings. The summed E-state index contributed by atoms with van der Waals surface area (Å²) in [4.78, 5) is 0. The minimum Gasteiger partial charge on any atom is -0.303 e. The van der Waals surface area contributed by atoms with Crippen LogP contribution in [0.25, 0.3) is 0 Å². The molecule has 0 bridgehead atoms. The molecule has 0 aromatic heterocycles. The Morgan fingerprint density at radius 3 is 2.67 bits per heavy atom. The Labute approximate surface area is 36.1 Å². The topological polar surface area (TPSA) is 62.1 Å². The van der Waals surface area contributed by atoms with Crippen LogP contribution >= 0.6 is 0 Å². The first-order chi connectivity index (χ1) is 2.89. The summed E-state index contributed by atoms with van der Waals surface area (Å²) in [6.07, 6.45) is -0.0648. The lowest BCUT2D eigenvalue weighted by atomic mass is 10.9. The molecule has 1 heterocycles. The molecule has 0 radical (unpaired) electrons. The smallest absolute Gasteiger partial charge is 0.123 e. The summed E-state index contributed by atoms with van der Waals surface area (Å²) in [7, 11) is 0. The molecular weight excluding hydrogens is 80.1 g/mol.